The van der Waals surface area contributed by atoms with Crippen LogP contribution in [0.15, 0.2) is 36.4 Å². The quantitative estimate of drug-likeness (QED) is 0.723. The molecule has 2 aromatic carbocycles. The van der Waals surface area contributed by atoms with Crippen LogP contribution in [0.4, 0.5) is 0 Å². The molecule has 1 aliphatic rings. The Hall–Kier alpha value is -2.24. The van der Waals surface area contributed by atoms with E-state index in [0.29, 0.717) is 6.61 Å². The third kappa shape index (κ3) is 4.73. The summed E-state index contributed by atoms with van der Waals surface area (Å²) in [6.45, 7) is 2.60. The smallest absolute Gasteiger partial charge is 0.161 e. The molecule has 1 unspecified atom stereocenters. The molecule has 0 spiro atoms. The van der Waals surface area contributed by atoms with Crippen molar-refractivity contribution in [2.45, 2.75) is 18.9 Å². The highest BCUT2D eigenvalue weighted by atomic mass is 16.5. The summed E-state index contributed by atoms with van der Waals surface area (Å²) in [5, 5.41) is 3.63. The molecule has 0 amide bonds. The summed E-state index contributed by atoms with van der Waals surface area (Å²) in [5.74, 6) is 2.49. The number of hydrogen-bond acceptors (Lipinski definition) is 5. The zero-order valence-electron chi connectivity index (χ0n) is 16.7. The second kappa shape index (κ2) is 9.11. The number of ether oxygens (including phenoxy) is 3. The fourth-order valence-electron chi connectivity index (χ4n) is 3.52. The molecule has 0 radical (unpaired) electrons. The Kier molecular flexibility index (Phi) is 6.58. The number of benzene rings is 2. The molecule has 1 atom stereocenters. The third-order valence-corrected chi connectivity index (χ3v) is 4.91. The van der Waals surface area contributed by atoms with E-state index in [-0.39, 0.29) is 6.04 Å². The van der Waals surface area contributed by atoms with Crippen LogP contribution in [0.5, 0.6) is 17.2 Å². The first-order valence-electron chi connectivity index (χ1n) is 9.48. The number of methoxy groups -OCH3 is 2. The molecule has 0 saturated heterocycles. The lowest BCUT2D eigenvalue weighted by Gasteiger charge is -2.29. The van der Waals surface area contributed by atoms with E-state index in [1.807, 2.05) is 12.1 Å². The summed E-state index contributed by atoms with van der Waals surface area (Å²) in [6.07, 6.45) is 1.96. The lowest BCUT2D eigenvalue weighted by Crippen LogP contribution is -2.30. The van der Waals surface area contributed by atoms with E-state index in [4.69, 9.17) is 14.2 Å². The van der Waals surface area contributed by atoms with E-state index < -0.39 is 0 Å². The molecule has 0 saturated carbocycles. The molecule has 3 rings (SSSR count). The molecule has 0 fully saturated rings. The van der Waals surface area contributed by atoms with E-state index in [0.717, 1.165) is 43.2 Å². The molecule has 5 heteroatoms. The van der Waals surface area contributed by atoms with Gasteiger partial charge in [0.1, 0.15) is 5.75 Å². The highest BCUT2D eigenvalue weighted by Crippen LogP contribution is 2.38. The first-order chi connectivity index (χ1) is 13.1. The Labute approximate surface area is 162 Å². The highest BCUT2D eigenvalue weighted by molar-refractivity contribution is 5.52. The summed E-state index contributed by atoms with van der Waals surface area (Å²) in [7, 11) is 7.55. The lowest BCUT2D eigenvalue weighted by atomic mass is 9.89. The summed E-state index contributed by atoms with van der Waals surface area (Å²) >= 11 is 0. The van der Waals surface area contributed by atoms with Gasteiger partial charge in [-0.15, -0.1) is 0 Å². The highest BCUT2D eigenvalue weighted by Gasteiger charge is 2.24. The van der Waals surface area contributed by atoms with Crippen LogP contribution in [-0.4, -0.2) is 52.9 Å². The Morgan fingerprint density at radius 1 is 1.07 bits per heavy atom. The van der Waals surface area contributed by atoms with Crippen molar-refractivity contribution in [3.8, 4) is 17.2 Å². The van der Waals surface area contributed by atoms with E-state index in [2.05, 4.69) is 48.6 Å². The topological polar surface area (TPSA) is 43.0 Å². The number of nitrogens with one attached hydrogen (secondary N) is 1. The van der Waals surface area contributed by atoms with Crippen LogP contribution >= 0.6 is 0 Å². The first kappa shape index (κ1) is 19.5. The SMILES string of the molecule is COc1cccc(C2NCCc3cc(OC)c(OCCCN(C)C)cc32)c1. The van der Waals surface area contributed by atoms with Gasteiger partial charge in [0.25, 0.3) is 0 Å². The van der Waals surface area contributed by atoms with E-state index in [9.17, 15) is 0 Å². The van der Waals surface area contributed by atoms with Gasteiger partial charge in [-0.2, -0.15) is 0 Å². The molecule has 1 heterocycles. The number of rotatable bonds is 8. The van der Waals surface area contributed by atoms with Crippen molar-refractivity contribution in [3.05, 3.63) is 53.1 Å². The lowest BCUT2D eigenvalue weighted by molar-refractivity contribution is 0.267. The summed E-state index contributed by atoms with van der Waals surface area (Å²) in [5.41, 5.74) is 3.75. The average molecular weight is 370 g/mol. The average Bonchev–Trinajstić information content (AvgIpc) is 2.70. The van der Waals surface area contributed by atoms with Gasteiger partial charge in [0.15, 0.2) is 11.5 Å². The van der Waals surface area contributed by atoms with E-state index in [1.54, 1.807) is 14.2 Å². The van der Waals surface area contributed by atoms with Gasteiger partial charge < -0.3 is 24.4 Å². The van der Waals surface area contributed by atoms with Crippen LogP contribution in [-0.2, 0) is 6.42 Å². The van der Waals surface area contributed by atoms with Crippen LogP contribution in [0.25, 0.3) is 0 Å². The van der Waals surface area contributed by atoms with E-state index >= 15 is 0 Å². The molecule has 2 aromatic rings. The van der Waals surface area contributed by atoms with Crippen LogP contribution in [0.2, 0.25) is 0 Å². The largest absolute Gasteiger partial charge is 0.497 e. The van der Waals surface area contributed by atoms with Crippen molar-refractivity contribution in [2.75, 3.05) is 48.0 Å². The second-order valence-corrected chi connectivity index (χ2v) is 7.12. The molecule has 1 aliphatic heterocycles. The fourth-order valence-corrected chi connectivity index (χ4v) is 3.52. The van der Waals surface area contributed by atoms with Gasteiger partial charge in [-0.25, -0.2) is 0 Å². The van der Waals surface area contributed by atoms with Crippen LogP contribution in [0, 0.1) is 0 Å². The molecule has 0 aliphatic carbocycles. The Bertz CT molecular complexity index is 761. The predicted molar refractivity (Wildman–Crippen MR) is 108 cm³/mol. The van der Waals surface area contributed by atoms with Gasteiger partial charge in [-0.05, 0) is 67.9 Å². The summed E-state index contributed by atoms with van der Waals surface area (Å²) in [4.78, 5) is 2.16. The first-order valence-corrected chi connectivity index (χ1v) is 9.48. The maximum absolute atomic E-state index is 6.07. The minimum atomic E-state index is 0.124. The Morgan fingerprint density at radius 3 is 2.67 bits per heavy atom. The van der Waals surface area contributed by atoms with Gasteiger partial charge in [-0.3, -0.25) is 0 Å². The minimum Gasteiger partial charge on any atom is -0.497 e. The summed E-state index contributed by atoms with van der Waals surface area (Å²) < 4.78 is 17.1. The van der Waals surface area contributed by atoms with Gasteiger partial charge in [0.2, 0.25) is 0 Å². The van der Waals surface area contributed by atoms with Crippen molar-refractivity contribution < 1.29 is 14.2 Å². The Morgan fingerprint density at radius 2 is 1.93 bits per heavy atom. The molecule has 5 nitrogen and oxygen atoms in total. The predicted octanol–water partition coefficient (Wildman–Crippen LogP) is 3.27. The van der Waals surface area contributed by atoms with Crippen molar-refractivity contribution in [3.63, 3.8) is 0 Å². The zero-order chi connectivity index (χ0) is 19.2. The fraction of sp³-hybridized carbons (Fsp3) is 0.455. The zero-order valence-corrected chi connectivity index (χ0v) is 16.7. The molecule has 0 bridgehead atoms. The minimum absolute atomic E-state index is 0.124. The van der Waals surface area contributed by atoms with Gasteiger partial charge in [-0.1, -0.05) is 12.1 Å². The molecule has 27 heavy (non-hydrogen) atoms. The second-order valence-electron chi connectivity index (χ2n) is 7.12. The van der Waals surface area contributed by atoms with E-state index in [1.165, 1.54) is 16.7 Å². The molecule has 1 N–H and O–H groups in total. The van der Waals surface area contributed by atoms with Crippen molar-refractivity contribution in [1.29, 1.82) is 0 Å². The Balaban J connectivity index is 1.87. The normalized spacial score (nSPS) is 16.1. The van der Waals surface area contributed by atoms with Crippen molar-refractivity contribution in [1.82, 2.24) is 10.2 Å². The monoisotopic (exact) mass is 370 g/mol. The van der Waals surface area contributed by atoms with Crippen molar-refractivity contribution >= 4 is 0 Å². The van der Waals surface area contributed by atoms with Crippen LogP contribution < -0.4 is 19.5 Å². The molecule has 0 aromatic heterocycles. The van der Waals surface area contributed by atoms with Crippen molar-refractivity contribution in [2.24, 2.45) is 0 Å². The van der Waals surface area contributed by atoms with Gasteiger partial charge in [0.05, 0.1) is 26.9 Å². The number of nitrogens with zero attached hydrogens (tertiary/aromatic N) is 1. The van der Waals surface area contributed by atoms with Gasteiger partial charge in [0, 0.05) is 13.1 Å². The molecule has 146 valence electrons. The standard InChI is InChI=1S/C22H30N2O3/c1-24(2)11-6-12-27-21-15-19-16(14-20(21)26-4)9-10-23-22(19)17-7-5-8-18(13-17)25-3/h5,7-8,13-15,22-23H,6,9-12H2,1-4H3. The third-order valence-electron chi connectivity index (χ3n) is 4.91. The molecular formula is C22H30N2O3. The summed E-state index contributed by atoms with van der Waals surface area (Å²) in [6, 6.07) is 12.6. The van der Waals surface area contributed by atoms with Crippen LogP contribution in [0.3, 0.4) is 0 Å². The van der Waals surface area contributed by atoms with Crippen LogP contribution in [0.1, 0.15) is 29.2 Å². The number of hydrogen-bond donors (Lipinski definition) is 1. The number of fused-ring (bicyclic) bond motifs is 1. The maximum Gasteiger partial charge on any atom is 0.161 e. The molecular weight excluding hydrogens is 340 g/mol. The van der Waals surface area contributed by atoms with Gasteiger partial charge >= 0.3 is 0 Å². The maximum atomic E-state index is 6.07.